The minimum Gasteiger partial charge on any atom is -0.294 e. The predicted octanol–water partition coefficient (Wildman–Crippen LogP) is 3.87. The van der Waals surface area contributed by atoms with Crippen LogP contribution in [0.3, 0.4) is 0 Å². The zero-order valence-corrected chi connectivity index (χ0v) is 11.2. The van der Waals surface area contributed by atoms with E-state index in [1.54, 1.807) is 0 Å². The van der Waals surface area contributed by atoms with Gasteiger partial charge in [-0.25, -0.2) is 0 Å². The maximum Gasteiger partial charge on any atom is 0.166 e. The van der Waals surface area contributed by atoms with Crippen LogP contribution in [0.25, 0.3) is 0 Å². The van der Waals surface area contributed by atoms with Crippen molar-refractivity contribution < 1.29 is 4.79 Å². The summed E-state index contributed by atoms with van der Waals surface area (Å²) >= 11 is 11.0. The molecule has 0 saturated carbocycles. The van der Waals surface area contributed by atoms with Crippen molar-refractivity contribution in [3.05, 3.63) is 31.8 Å². The standard InChI is InChI=1S/C9H7BrClIO/c10-6-2-1-3-7(12)9(6)8(13)4-5-11/h1-3H,4-5H2. The molecule has 0 aromatic heterocycles. The molecule has 0 unspecified atom stereocenters. The molecule has 0 atom stereocenters. The van der Waals surface area contributed by atoms with Crippen LogP contribution in [-0.2, 0) is 0 Å². The second-order valence-corrected chi connectivity index (χ2v) is 4.85. The molecule has 0 heterocycles. The molecule has 0 bridgehead atoms. The summed E-state index contributed by atoms with van der Waals surface area (Å²) in [5.41, 5.74) is 0.740. The molecule has 1 aromatic carbocycles. The van der Waals surface area contributed by atoms with Crippen molar-refractivity contribution in [3.8, 4) is 0 Å². The third-order valence-corrected chi connectivity index (χ3v) is 3.31. The molecule has 0 aliphatic carbocycles. The van der Waals surface area contributed by atoms with E-state index in [1.165, 1.54) is 0 Å². The highest BCUT2D eigenvalue weighted by Crippen LogP contribution is 2.23. The Labute approximate surface area is 104 Å². The molecule has 1 rings (SSSR count). The number of Topliss-reactive ketones (excluding diaryl/α,β-unsaturated/α-hetero) is 1. The lowest BCUT2D eigenvalue weighted by Gasteiger charge is -2.04. The third-order valence-electron chi connectivity index (χ3n) is 1.56. The first-order chi connectivity index (χ1) is 6.16. The van der Waals surface area contributed by atoms with Gasteiger partial charge >= 0.3 is 0 Å². The number of carbonyl (C=O) groups excluding carboxylic acids is 1. The van der Waals surface area contributed by atoms with Crippen LogP contribution in [0.4, 0.5) is 0 Å². The van der Waals surface area contributed by atoms with Crippen molar-refractivity contribution in [2.75, 3.05) is 5.88 Å². The van der Waals surface area contributed by atoms with E-state index < -0.39 is 0 Å². The number of alkyl halides is 1. The molecule has 1 nitrogen and oxygen atoms in total. The molecule has 0 fully saturated rings. The fraction of sp³-hybridized carbons (Fsp3) is 0.222. The lowest BCUT2D eigenvalue weighted by molar-refractivity contribution is 0.0987. The van der Waals surface area contributed by atoms with Crippen molar-refractivity contribution >= 4 is 55.9 Å². The molecule has 70 valence electrons. The highest BCUT2D eigenvalue weighted by molar-refractivity contribution is 14.1. The topological polar surface area (TPSA) is 17.1 Å². The number of rotatable bonds is 3. The van der Waals surface area contributed by atoms with E-state index >= 15 is 0 Å². The molecule has 0 N–H and O–H groups in total. The molecule has 0 aliphatic rings. The Morgan fingerprint density at radius 1 is 1.54 bits per heavy atom. The highest BCUT2D eigenvalue weighted by atomic mass is 127. The van der Waals surface area contributed by atoms with E-state index in [9.17, 15) is 4.79 Å². The molecule has 0 spiro atoms. The Balaban J connectivity index is 3.05. The Bertz CT molecular complexity index is 307. The van der Waals surface area contributed by atoms with Gasteiger partial charge in [0.25, 0.3) is 0 Å². The molecule has 13 heavy (non-hydrogen) atoms. The van der Waals surface area contributed by atoms with Crippen LogP contribution < -0.4 is 0 Å². The normalized spacial score (nSPS) is 10.1. The van der Waals surface area contributed by atoms with Crippen LogP contribution in [0, 0.1) is 3.57 Å². The molecular weight excluding hydrogens is 366 g/mol. The second-order valence-electron chi connectivity index (χ2n) is 2.46. The van der Waals surface area contributed by atoms with Gasteiger partial charge in [0.2, 0.25) is 0 Å². The molecular formula is C9H7BrClIO. The van der Waals surface area contributed by atoms with Gasteiger partial charge in [-0.2, -0.15) is 0 Å². The summed E-state index contributed by atoms with van der Waals surface area (Å²) in [5, 5.41) is 0. The van der Waals surface area contributed by atoms with Gasteiger partial charge in [0, 0.05) is 25.9 Å². The third kappa shape index (κ3) is 2.92. The Morgan fingerprint density at radius 3 is 2.77 bits per heavy atom. The number of halogens is 3. The van der Waals surface area contributed by atoms with E-state index in [0.717, 1.165) is 13.6 Å². The van der Waals surface area contributed by atoms with Gasteiger partial charge < -0.3 is 0 Å². The predicted molar refractivity (Wildman–Crippen MR) is 66.5 cm³/mol. The first-order valence-electron chi connectivity index (χ1n) is 3.70. The highest BCUT2D eigenvalue weighted by Gasteiger charge is 2.12. The van der Waals surface area contributed by atoms with Gasteiger partial charge in [-0.05, 0) is 34.7 Å². The molecule has 0 saturated heterocycles. The van der Waals surface area contributed by atoms with Crippen LogP contribution in [0.5, 0.6) is 0 Å². The maximum atomic E-state index is 11.6. The number of hydrogen-bond acceptors (Lipinski definition) is 1. The molecule has 0 amide bonds. The Hall–Kier alpha value is 0.390. The SMILES string of the molecule is O=C(CCCl)c1c(Br)cccc1I. The Kier molecular flexibility index (Phi) is 4.69. The van der Waals surface area contributed by atoms with Gasteiger partial charge in [-0.1, -0.05) is 22.0 Å². The summed E-state index contributed by atoms with van der Waals surface area (Å²) in [7, 11) is 0. The smallest absolute Gasteiger partial charge is 0.166 e. The van der Waals surface area contributed by atoms with Gasteiger partial charge in [0.1, 0.15) is 0 Å². The van der Waals surface area contributed by atoms with Crippen LogP contribution in [-0.4, -0.2) is 11.7 Å². The largest absolute Gasteiger partial charge is 0.294 e. The summed E-state index contributed by atoms with van der Waals surface area (Å²) in [6.45, 7) is 0. The van der Waals surface area contributed by atoms with Crippen LogP contribution >= 0.6 is 50.1 Å². The lowest BCUT2D eigenvalue weighted by atomic mass is 10.1. The molecule has 0 aliphatic heterocycles. The number of benzene rings is 1. The van der Waals surface area contributed by atoms with Crippen molar-refractivity contribution in [2.45, 2.75) is 6.42 Å². The molecule has 0 radical (unpaired) electrons. The molecule has 4 heteroatoms. The summed E-state index contributed by atoms with van der Waals surface area (Å²) in [6, 6.07) is 5.68. The van der Waals surface area contributed by atoms with Gasteiger partial charge in [-0.3, -0.25) is 4.79 Å². The van der Waals surface area contributed by atoms with Gasteiger partial charge in [0.15, 0.2) is 5.78 Å². The van der Waals surface area contributed by atoms with Gasteiger partial charge in [0.05, 0.1) is 0 Å². The average molecular weight is 373 g/mol. The summed E-state index contributed by atoms with van der Waals surface area (Å²) < 4.78 is 1.80. The lowest BCUT2D eigenvalue weighted by Crippen LogP contribution is -2.03. The minimum atomic E-state index is 0.0897. The van der Waals surface area contributed by atoms with E-state index in [1.807, 2.05) is 18.2 Å². The fourth-order valence-electron chi connectivity index (χ4n) is 0.975. The minimum absolute atomic E-state index is 0.0897. The van der Waals surface area contributed by atoms with Crippen molar-refractivity contribution in [1.82, 2.24) is 0 Å². The summed E-state index contributed by atoms with van der Waals surface area (Å²) in [5.74, 6) is 0.461. The van der Waals surface area contributed by atoms with Crippen LogP contribution in [0.1, 0.15) is 16.8 Å². The second kappa shape index (κ2) is 5.32. The van der Waals surface area contributed by atoms with Crippen LogP contribution in [0.2, 0.25) is 0 Å². The van der Waals surface area contributed by atoms with E-state index in [2.05, 4.69) is 38.5 Å². The van der Waals surface area contributed by atoms with Gasteiger partial charge in [-0.15, -0.1) is 11.6 Å². The fourth-order valence-corrected chi connectivity index (χ4v) is 2.90. The van der Waals surface area contributed by atoms with Crippen LogP contribution in [0.15, 0.2) is 22.7 Å². The zero-order chi connectivity index (χ0) is 9.84. The van der Waals surface area contributed by atoms with Crippen molar-refractivity contribution in [2.24, 2.45) is 0 Å². The maximum absolute atomic E-state index is 11.6. The Morgan fingerprint density at radius 2 is 2.23 bits per heavy atom. The van der Waals surface area contributed by atoms with E-state index in [4.69, 9.17) is 11.6 Å². The van der Waals surface area contributed by atoms with Crippen molar-refractivity contribution in [3.63, 3.8) is 0 Å². The average Bonchev–Trinajstić information content (AvgIpc) is 2.04. The quantitative estimate of drug-likeness (QED) is 0.447. The monoisotopic (exact) mass is 372 g/mol. The summed E-state index contributed by atoms with van der Waals surface area (Å²) in [4.78, 5) is 11.6. The van der Waals surface area contributed by atoms with Crippen molar-refractivity contribution in [1.29, 1.82) is 0 Å². The number of carbonyl (C=O) groups is 1. The van der Waals surface area contributed by atoms with E-state index in [0.29, 0.717) is 12.3 Å². The number of ketones is 1. The first-order valence-corrected chi connectivity index (χ1v) is 6.10. The first kappa shape index (κ1) is 11.5. The number of hydrogen-bond donors (Lipinski definition) is 0. The van der Waals surface area contributed by atoms with E-state index in [-0.39, 0.29) is 5.78 Å². The zero-order valence-electron chi connectivity index (χ0n) is 6.69. The molecule has 1 aromatic rings. The summed E-state index contributed by atoms with van der Waals surface area (Å²) in [6.07, 6.45) is 0.389.